The SMILES string of the molecule is COc1ccc(C(=O)C2CCN(C(=O)CCc3ccccc3N)CC2)cc1.Cl. The van der Waals surface area contributed by atoms with Gasteiger partial charge in [0.15, 0.2) is 5.78 Å². The van der Waals surface area contributed by atoms with Crippen LogP contribution in [0, 0.1) is 5.92 Å². The molecule has 0 aliphatic carbocycles. The number of nitrogens with zero attached hydrogens (tertiary/aromatic N) is 1. The van der Waals surface area contributed by atoms with Crippen LogP contribution in [0.4, 0.5) is 5.69 Å². The predicted molar refractivity (Wildman–Crippen MR) is 113 cm³/mol. The van der Waals surface area contributed by atoms with Gasteiger partial charge in [-0.3, -0.25) is 9.59 Å². The third kappa shape index (κ3) is 5.26. The van der Waals surface area contributed by atoms with E-state index >= 15 is 0 Å². The second-order valence-electron chi connectivity index (χ2n) is 6.95. The molecule has 1 aliphatic heterocycles. The van der Waals surface area contributed by atoms with Crippen LogP contribution in [-0.4, -0.2) is 36.8 Å². The number of hydrogen-bond donors (Lipinski definition) is 1. The molecule has 3 rings (SSSR count). The molecule has 0 aromatic heterocycles. The number of hydrogen-bond acceptors (Lipinski definition) is 4. The number of rotatable bonds is 6. The van der Waals surface area contributed by atoms with Crippen LogP contribution in [0.1, 0.15) is 35.2 Å². The molecule has 6 heteroatoms. The summed E-state index contributed by atoms with van der Waals surface area (Å²) in [4.78, 5) is 27.0. The van der Waals surface area contributed by atoms with Crippen molar-refractivity contribution in [1.29, 1.82) is 0 Å². The lowest BCUT2D eigenvalue weighted by atomic mass is 9.88. The lowest BCUT2D eigenvalue weighted by Crippen LogP contribution is -2.40. The van der Waals surface area contributed by atoms with Crippen LogP contribution >= 0.6 is 12.4 Å². The first-order chi connectivity index (χ1) is 13.1. The number of carbonyl (C=O) groups is 2. The van der Waals surface area contributed by atoms with Crippen molar-refractivity contribution < 1.29 is 14.3 Å². The molecular formula is C22H27ClN2O3. The summed E-state index contributed by atoms with van der Waals surface area (Å²) in [6.45, 7) is 1.27. The minimum Gasteiger partial charge on any atom is -0.497 e. The van der Waals surface area contributed by atoms with Crippen molar-refractivity contribution in [2.24, 2.45) is 5.92 Å². The van der Waals surface area contributed by atoms with E-state index in [1.165, 1.54) is 0 Å². The van der Waals surface area contributed by atoms with Gasteiger partial charge in [-0.05, 0) is 55.2 Å². The number of nitrogens with two attached hydrogens (primary N) is 1. The quantitative estimate of drug-likeness (QED) is 0.590. The Morgan fingerprint density at radius 1 is 1.07 bits per heavy atom. The molecule has 0 unspecified atom stereocenters. The van der Waals surface area contributed by atoms with Crippen LogP contribution in [0.25, 0.3) is 0 Å². The van der Waals surface area contributed by atoms with Gasteiger partial charge in [0.25, 0.3) is 0 Å². The van der Waals surface area contributed by atoms with E-state index in [4.69, 9.17) is 10.5 Å². The van der Waals surface area contributed by atoms with Gasteiger partial charge in [-0.25, -0.2) is 0 Å². The van der Waals surface area contributed by atoms with Crippen LogP contribution in [0.3, 0.4) is 0 Å². The minimum absolute atomic E-state index is 0. The number of carbonyl (C=O) groups excluding carboxylic acids is 2. The Labute approximate surface area is 172 Å². The molecule has 1 saturated heterocycles. The van der Waals surface area contributed by atoms with Gasteiger partial charge in [-0.2, -0.15) is 0 Å². The lowest BCUT2D eigenvalue weighted by Gasteiger charge is -2.31. The molecule has 0 bridgehead atoms. The van der Waals surface area contributed by atoms with E-state index in [0.29, 0.717) is 44.3 Å². The molecule has 2 aromatic rings. The number of ether oxygens (including phenoxy) is 1. The molecule has 28 heavy (non-hydrogen) atoms. The Morgan fingerprint density at radius 3 is 2.32 bits per heavy atom. The van der Waals surface area contributed by atoms with Crippen molar-refractivity contribution in [3.8, 4) is 5.75 Å². The molecule has 1 fully saturated rings. The number of aryl methyl sites for hydroxylation is 1. The summed E-state index contributed by atoms with van der Waals surface area (Å²) in [7, 11) is 1.61. The van der Waals surface area contributed by atoms with E-state index in [1.54, 1.807) is 19.2 Å². The van der Waals surface area contributed by atoms with E-state index in [2.05, 4.69) is 0 Å². The zero-order valence-electron chi connectivity index (χ0n) is 16.1. The third-order valence-electron chi connectivity index (χ3n) is 5.26. The van der Waals surface area contributed by atoms with Crippen molar-refractivity contribution in [1.82, 2.24) is 4.90 Å². The van der Waals surface area contributed by atoms with Gasteiger partial charge >= 0.3 is 0 Å². The van der Waals surface area contributed by atoms with E-state index in [-0.39, 0.29) is 30.0 Å². The maximum Gasteiger partial charge on any atom is 0.222 e. The van der Waals surface area contributed by atoms with Gasteiger partial charge < -0.3 is 15.4 Å². The molecule has 2 N–H and O–H groups in total. The standard InChI is InChI=1S/C22H26N2O3.ClH/c1-27-19-9-6-17(7-10-19)22(26)18-12-14-24(15-13-18)21(25)11-8-16-4-2-3-5-20(16)23;/h2-7,9-10,18H,8,11-15,23H2,1H3;1H. The third-order valence-corrected chi connectivity index (χ3v) is 5.26. The first kappa shape index (κ1) is 21.8. The number of nitrogen functional groups attached to an aromatic ring is 1. The fourth-order valence-electron chi connectivity index (χ4n) is 3.54. The van der Waals surface area contributed by atoms with E-state index in [1.807, 2.05) is 41.3 Å². The number of benzene rings is 2. The summed E-state index contributed by atoms with van der Waals surface area (Å²) in [5.41, 5.74) is 8.39. The lowest BCUT2D eigenvalue weighted by molar-refractivity contribution is -0.132. The monoisotopic (exact) mass is 402 g/mol. The van der Waals surface area contributed by atoms with Crippen LogP contribution in [0.5, 0.6) is 5.75 Å². The second-order valence-corrected chi connectivity index (χ2v) is 6.95. The van der Waals surface area contributed by atoms with E-state index < -0.39 is 0 Å². The van der Waals surface area contributed by atoms with Crippen LogP contribution < -0.4 is 10.5 Å². The number of piperidine rings is 1. The van der Waals surface area contributed by atoms with Gasteiger partial charge in [0.05, 0.1) is 7.11 Å². The normalized spacial score (nSPS) is 14.2. The van der Waals surface area contributed by atoms with Crippen LogP contribution in [-0.2, 0) is 11.2 Å². The van der Waals surface area contributed by atoms with Gasteiger partial charge in [0.1, 0.15) is 5.75 Å². The average Bonchev–Trinajstić information content (AvgIpc) is 2.72. The van der Waals surface area contributed by atoms with Gasteiger partial charge in [-0.15, -0.1) is 12.4 Å². The Balaban J connectivity index is 0.00000280. The molecule has 150 valence electrons. The van der Waals surface area contributed by atoms with E-state index in [9.17, 15) is 9.59 Å². The van der Waals surface area contributed by atoms with Crippen molar-refractivity contribution >= 4 is 29.8 Å². The summed E-state index contributed by atoms with van der Waals surface area (Å²) < 4.78 is 5.13. The number of halogens is 1. The van der Waals surface area contributed by atoms with Crippen molar-refractivity contribution in [3.63, 3.8) is 0 Å². The number of ketones is 1. The van der Waals surface area contributed by atoms with Crippen LogP contribution in [0.15, 0.2) is 48.5 Å². The maximum absolute atomic E-state index is 12.7. The number of amides is 1. The zero-order valence-corrected chi connectivity index (χ0v) is 16.9. The summed E-state index contributed by atoms with van der Waals surface area (Å²) >= 11 is 0. The molecule has 0 spiro atoms. The smallest absolute Gasteiger partial charge is 0.222 e. The molecule has 1 amide bonds. The molecule has 5 nitrogen and oxygen atoms in total. The van der Waals surface area contributed by atoms with Gasteiger partial charge in [0, 0.05) is 36.7 Å². The molecule has 0 radical (unpaired) electrons. The number of anilines is 1. The first-order valence-corrected chi connectivity index (χ1v) is 9.38. The Kier molecular flexibility index (Phi) is 7.88. The Morgan fingerprint density at radius 2 is 1.71 bits per heavy atom. The molecule has 2 aromatic carbocycles. The number of methoxy groups -OCH3 is 1. The summed E-state index contributed by atoms with van der Waals surface area (Å²) in [5, 5.41) is 0. The largest absolute Gasteiger partial charge is 0.497 e. The Hall–Kier alpha value is -2.53. The van der Waals surface area contributed by atoms with Crippen molar-refractivity contribution in [2.75, 3.05) is 25.9 Å². The highest BCUT2D eigenvalue weighted by Crippen LogP contribution is 2.24. The van der Waals surface area contributed by atoms with Crippen LogP contribution in [0.2, 0.25) is 0 Å². The van der Waals surface area contributed by atoms with Gasteiger partial charge in [-0.1, -0.05) is 18.2 Å². The average molecular weight is 403 g/mol. The molecule has 1 heterocycles. The first-order valence-electron chi connectivity index (χ1n) is 9.38. The molecule has 1 aliphatic rings. The second kappa shape index (κ2) is 10.1. The number of para-hydroxylation sites is 1. The molecule has 0 atom stereocenters. The fraction of sp³-hybridized carbons (Fsp3) is 0.364. The molecule has 0 saturated carbocycles. The fourth-order valence-corrected chi connectivity index (χ4v) is 3.54. The zero-order chi connectivity index (χ0) is 19.2. The van der Waals surface area contributed by atoms with E-state index in [0.717, 1.165) is 17.0 Å². The topological polar surface area (TPSA) is 72.6 Å². The Bertz CT molecular complexity index is 800. The summed E-state index contributed by atoms with van der Waals surface area (Å²) in [6, 6.07) is 14.9. The predicted octanol–water partition coefficient (Wildman–Crippen LogP) is 3.75. The van der Waals surface area contributed by atoms with Gasteiger partial charge in [0.2, 0.25) is 5.91 Å². The molecular weight excluding hydrogens is 376 g/mol. The van der Waals surface area contributed by atoms with Crippen molar-refractivity contribution in [3.05, 3.63) is 59.7 Å². The highest BCUT2D eigenvalue weighted by atomic mass is 35.5. The number of likely N-dealkylation sites (tertiary alicyclic amines) is 1. The highest BCUT2D eigenvalue weighted by molar-refractivity contribution is 5.98. The minimum atomic E-state index is -0.0211. The number of Topliss-reactive ketones (excluding diaryl/α,β-unsaturated/α-hetero) is 1. The summed E-state index contributed by atoms with van der Waals surface area (Å²) in [5.74, 6) is 1.01. The maximum atomic E-state index is 12.7. The highest BCUT2D eigenvalue weighted by Gasteiger charge is 2.27. The summed E-state index contributed by atoms with van der Waals surface area (Å²) in [6.07, 6.45) is 2.52. The van der Waals surface area contributed by atoms with Crippen molar-refractivity contribution in [2.45, 2.75) is 25.7 Å².